The quantitative estimate of drug-likeness (QED) is 0.843. The minimum Gasteiger partial charge on any atom is -0.503 e. The van der Waals surface area contributed by atoms with Crippen molar-refractivity contribution in [3.63, 3.8) is 0 Å². The molecule has 0 radical (unpaired) electrons. The summed E-state index contributed by atoms with van der Waals surface area (Å²) < 4.78 is 5.30. The van der Waals surface area contributed by atoms with Crippen molar-refractivity contribution in [3.05, 3.63) is 53.8 Å². The van der Waals surface area contributed by atoms with Crippen molar-refractivity contribution < 1.29 is 19.4 Å². The van der Waals surface area contributed by atoms with Gasteiger partial charge in [-0.1, -0.05) is 24.3 Å². The Morgan fingerprint density at radius 1 is 1.48 bits per heavy atom. The van der Waals surface area contributed by atoms with Gasteiger partial charge in [-0.2, -0.15) is 0 Å². The monoisotopic (exact) mass is 287 g/mol. The summed E-state index contributed by atoms with van der Waals surface area (Å²) in [5, 5.41) is 10.0. The van der Waals surface area contributed by atoms with Crippen molar-refractivity contribution in [2.45, 2.75) is 13.0 Å². The molecule has 1 aromatic rings. The number of Topliss-reactive ketones (excluding diaryl/α,β-unsaturated/α-hetero) is 1. The molecule has 0 aliphatic carbocycles. The molecule has 1 aliphatic rings. The molecule has 0 aromatic heterocycles. The highest BCUT2D eigenvalue weighted by molar-refractivity contribution is 6.08. The minimum atomic E-state index is -0.663. The van der Waals surface area contributed by atoms with Gasteiger partial charge < -0.3 is 14.7 Å². The lowest BCUT2D eigenvalue weighted by Crippen LogP contribution is -2.31. The lowest BCUT2D eigenvalue weighted by Gasteiger charge is -2.26. The fourth-order valence-corrected chi connectivity index (χ4v) is 2.56. The van der Waals surface area contributed by atoms with Crippen LogP contribution in [0.25, 0.3) is 0 Å². The third kappa shape index (κ3) is 2.42. The molecule has 0 spiro atoms. The topological polar surface area (TPSA) is 66.8 Å². The van der Waals surface area contributed by atoms with Gasteiger partial charge in [0.15, 0.2) is 11.5 Å². The Hall–Kier alpha value is -2.56. The van der Waals surface area contributed by atoms with E-state index in [2.05, 4.69) is 6.58 Å². The van der Waals surface area contributed by atoms with Crippen LogP contribution in [-0.2, 0) is 9.59 Å². The molecule has 110 valence electrons. The van der Waals surface area contributed by atoms with Gasteiger partial charge in [-0.05, 0) is 13.0 Å². The maximum atomic E-state index is 12.2. The highest BCUT2D eigenvalue weighted by Gasteiger charge is 2.42. The molecule has 1 aliphatic heterocycles. The number of hydrogen-bond acceptors (Lipinski definition) is 4. The molecule has 1 amide bonds. The Balaban J connectivity index is 2.62. The summed E-state index contributed by atoms with van der Waals surface area (Å²) in [6.07, 6.45) is 1.55. The number of ether oxygens (including phenoxy) is 1. The van der Waals surface area contributed by atoms with Crippen LogP contribution in [0.1, 0.15) is 18.5 Å². The highest BCUT2D eigenvalue weighted by atomic mass is 16.5. The zero-order valence-electron chi connectivity index (χ0n) is 12.0. The van der Waals surface area contributed by atoms with Gasteiger partial charge in [-0.15, -0.1) is 6.58 Å². The van der Waals surface area contributed by atoms with E-state index < -0.39 is 17.7 Å². The van der Waals surface area contributed by atoms with Gasteiger partial charge in [0.05, 0.1) is 18.7 Å². The lowest BCUT2D eigenvalue weighted by molar-refractivity contribution is -0.128. The summed E-state index contributed by atoms with van der Waals surface area (Å²) >= 11 is 0. The van der Waals surface area contributed by atoms with Gasteiger partial charge >= 0.3 is 0 Å². The van der Waals surface area contributed by atoms with E-state index in [0.717, 1.165) is 0 Å². The second kappa shape index (κ2) is 5.83. The molecule has 1 N–H and O–H groups in total. The number of rotatable bonds is 5. The average Bonchev–Trinajstić information content (AvgIpc) is 2.72. The number of carbonyl (C=O) groups is 2. The predicted octanol–water partition coefficient (Wildman–Crippen LogP) is 2.17. The standard InChI is InChI=1S/C16H17NO4/c1-4-9-17-14(11-7-5-6-8-12(11)21-3)13(10(2)18)15(19)16(17)20/h4-8,14,19H,1,9H2,2-3H3. The zero-order chi connectivity index (χ0) is 15.6. The maximum Gasteiger partial charge on any atom is 0.290 e. The number of amides is 1. The number of carbonyl (C=O) groups excluding carboxylic acids is 2. The average molecular weight is 287 g/mol. The fourth-order valence-electron chi connectivity index (χ4n) is 2.56. The Morgan fingerprint density at radius 3 is 2.71 bits per heavy atom. The lowest BCUT2D eigenvalue weighted by atomic mass is 9.96. The van der Waals surface area contributed by atoms with Crippen LogP contribution in [0, 0.1) is 0 Å². The van der Waals surface area contributed by atoms with Crippen molar-refractivity contribution >= 4 is 11.7 Å². The van der Waals surface area contributed by atoms with Crippen LogP contribution in [0.2, 0.25) is 0 Å². The second-order valence-corrected chi connectivity index (χ2v) is 4.71. The van der Waals surface area contributed by atoms with Gasteiger partial charge in [0.2, 0.25) is 0 Å². The van der Waals surface area contributed by atoms with E-state index in [4.69, 9.17) is 4.74 Å². The van der Waals surface area contributed by atoms with E-state index in [1.807, 2.05) is 0 Å². The summed E-state index contributed by atoms with van der Waals surface area (Å²) in [5.41, 5.74) is 0.746. The van der Waals surface area contributed by atoms with Crippen LogP contribution in [0.5, 0.6) is 5.75 Å². The van der Waals surface area contributed by atoms with Crippen LogP contribution in [0.4, 0.5) is 0 Å². The normalized spacial score (nSPS) is 18.1. The molecular formula is C16H17NO4. The molecule has 1 aromatic carbocycles. The van der Waals surface area contributed by atoms with Gasteiger partial charge in [0.25, 0.3) is 5.91 Å². The maximum absolute atomic E-state index is 12.2. The number of hydrogen-bond donors (Lipinski definition) is 1. The SMILES string of the molecule is C=CCN1C(=O)C(O)=C(C(C)=O)C1c1ccccc1OC. The van der Waals surface area contributed by atoms with E-state index in [0.29, 0.717) is 11.3 Å². The van der Waals surface area contributed by atoms with Crippen LogP contribution in [0.3, 0.4) is 0 Å². The smallest absolute Gasteiger partial charge is 0.290 e. The first-order valence-corrected chi connectivity index (χ1v) is 6.51. The molecule has 0 bridgehead atoms. The van der Waals surface area contributed by atoms with Crippen molar-refractivity contribution in [3.8, 4) is 5.75 Å². The van der Waals surface area contributed by atoms with Crippen molar-refractivity contribution in [2.75, 3.05) is 13.7 Å². The third-order valence-corrected chi connectivity index (χ3v) is 3.44. The molecular weight excluding hydrogens is 270 g/mol. The number of ketones is 1. The van der Waals surface area contributed by atoms with E-state index in [-0.39, 0.29) is 17.9 Å². The van der Waals surface area contributed by atoms with Crippen molar-refractivity contribution in [1.29, 1.82) is 0 Å². The summed E-state index contributed by atoms with van der Waals surface area (Å²) in [4.78, 5) is 25.4. The van der Waals surface area contributed by atoms with Crippen molar-refractivity contribution in [1.82, 2.24) is 4.90 Å². The summed E-state index contributed by atoms with van der Waals surface area (Å²) in [6, 6.07) is 6.45. The molecule has 0 saturated carbocycles. The van der Waals surface area contributed by atoms with E-state index in [9.17, 15) is 14.7 Å². The van der Waals surface area contributed by atoms with Crippen LogP contribution in [-0.4, -0.2) is 35.4 Å². The van der Waals surface area contributed by atoms with Gasteiger partial charge in [-0.25, -0.2) is 0 Å². The minimum absolute atomic E-state index is 0.0892. The largest absolute Gasteiger partial charge is 0.503 e. The molecule has 21 heavy (non-hydrogen) atoms. The number of benzene rings is 1. The molecule has 0 fully saturated rings. The Labute approximate surface area is 123 Å². The van der Waals surface area contributed by atoms with E-state index in [1.165, 1.54) is 18.9 Å². The van der Waals surface area contributed by atoms with E-state index >= 15 is 0 Å². The van der Waals surface area contributed by atoms with Crippen molar-refractivity contribution in [2.24, 2.45) is 0 Å². The molecule has 5 nitrogen and oxygen atoms in total. The van der Waals surface area contributed by atoms with Crippen LogP contribution >= 0.6 is 0 Å². The summed E-state index contributed by atoms with van der Waals surface area (Å²) in [6.45, 7) is 5.17. The Bertz CT molecular complexity index is 633. The van der Waals surface area contributed by atoms with Gasteiger partial charge in [0.1, 0.15) is 5.75 Å². The van der Waals surface area contributed by atoms with E-state index in [1.54, 1.807) is 30.3 Å². The fraction of sp³-hybridized carbons (Fsp3) is 0.250. The first-order valence-electron chi connectivity index (χ1n) is 6.51. The zero-order valence-corrected chi connectivity index (χ0v) is 12.0. The first kappa shape index (κ1) is 14.8. The summed E-state index contributed by atoms with van der Waals surface area (Å²) in [5.74, 6) is -0.864. The molecule has 1 heterocycles. The molecule has 0 saturated heterocycles. The number of para-hydroxylation sites is 1. The number of nitrogens with zero attached hydrogens (tertiary/aromatic N) is 1. The van der Waals surface area contributed by atoms with Gasteiger partial charge in [-0.3, -0.25) is 9.59 Å². The van der Waals surface area contributed by atoms with Gasteiger partial charge in [0, 0.05) is 12.1 Å². The van der Waals surface area contributed by atoms with Crippen LogP contribution < -0.4 is 4.74 Å². The molecule has 5 heteroatoms. The molecule has 1 atom stereocenters. The number of aliphatic hydroxyl groups is 1. The van der Waals surface area contributed by atoms with Crippen LogP contribution in [0.15, 0.2) is 48.3 Å². The molecule has 1 unspecified atom stereocenters. The number of methoxy groups -OCH3 is 1. The second-order valence-electron chi connectivity index (χ2n) is 4.71. The number of aliphatic hydroxyl groups excluding tert-OH is 1. The third-order valence-electron chi connectivity index (χ3n) is 3.44. The predicted molar refractivity (Wildman–Crippen MR) is 78.0 cm³/mol. The first-order chi connectivity index (χ1) is 10.0. The Morgan fingerprint density at radius 2 is 2.14 bits per heavy atom. The Kier molecular flexibility index (Phi) is 4.12. The highest BCUT2D eigenvalue weighted by Crippen LogP contribution is 2.40. The summed E-state index contributed by atoms with van der Waals surface area (Å²) in [7, 11) is 1.52. The molecule has 2 rings (SSSR count).